The van der Waals surface area contributed by atoms with Crippen LogP contribution in [0.15, 0.2) is 0 Å². The van der Waals surface area contributed by atoms with Crippen molar-refractivity contribution in [3.63, 3.8) is 0 Å². The second-order valence-electron chi connectivity index (χ2n) is 6.32. The van der Waals surface area contributed by atoms with Crippen molar-refractivity contribution in [3.05, 3.63) is 0 Å². The highest BCUT2D eigenvalue weighted by atomic mass is 16.2. The van der Waals surface area contributed by atoms with Crippen molar-refractivity contribution in [2.45, 2.75) is 58.0 Å². The zero-order chi connectivity index (χ0) is 14.7. The van der Waals surface area contributed by atoms with Gasteiger partial charge < -0.3 is 16.0 Å². The van der Waals surface area contributed by atoms with Crippen LogP contribution in [0.1, 0.15) is 46.0 Å². The average Bonchev–Trinajstić information content (AvgIpc) is 2.94. The van der Waals surface area contributed by atoms with Crippen molar-refractivity contribution in [1.29, 1.82) is 0 Å². The first-order valence-corrected chi connectivity index (χ1v) is 7.85. The van der Waals surface area contributed by atoms with Gasteiger partial charge in [0.2, 0.25) is 11.8 Å². The van der Waals surface area contributed by atoms with E-state index in [1.54, 1.807) is 6.92 Å². The van der Waals surface area contributed by atoms with Crippen LogP contribution >= 0.6 is 0 Å². The van der Waals surface area contributed by atoms with Gasteiger partial charge in [-0.05, 0) is 38.5 Å². The van der Waals surface area contributed by atoms with E-state index in [1.807, 2.05) is 11.8 Å². The number of nitrogens with zero attached hydrogens (tertiary/aromatic N) is 1. The smallest absolute Gasteiger partial charge is 0.244 e. The van der Waals surface area contributed by atoms with E-state index in [2.05, 4.69) is 5.32 Å². The van der Waals surface area contributed by atoms with E-state index in [-0.39, 0.29) is 29.7 Å². The fraction of sp³-hybridized carbons (Fsp3) is 0.867. The van der Waals surface area contributed by atoms with Gasteiger partial charge in [0.05, 0.1) is 0 Å². The molecule has 1 heterocycles. The minimum Gasteiger partial charge on any atom is -0.344 e. The zero-order valence-electron chi connectivity index (χ0n) is 12.6. The number of carbonyl (C=O) groups is 2. The normalized spacial score (nSPS) is 31.9. The molecule has 3 N–H and O–H groups in total. The van der Waals surface area contributed by atoms with Crippen LogP contribution in [-0.2, 0) is 9.59 Å². The largest absolute Gasteiger partial charge is 0.344 e. The number of likely N-dealkylation sites (tertiary alicyclic amines) is 1. The van der Waals surface area contributed by atoms with Gasteiger partial charge in [-0.1, -0.05) is 13.3 Å². The molecule has 0 bridgehead atoms. The highest BCUT2D eigenvalue weighted by Gasteiger charge is 2.34. The zero-order valence-corrected chi connectivity index (χ0v) is 12.6. The average molecular weight is 281 g/mol. The third kappa shape index (κ3) is 3.32. The maximum absolute atomic E-state index is 12.3. The molecule has 4 unspecified atom stereocenters. The molecule has 5 heteroatoms. The summed E-state index contributed by atoms with van der Waals surface area (Å²) >= 11 is 0. The Balaban J connectivity index is 1.88. The molecule has 0 aromatic rings. The van der Waals surface area contributed by atoms with Crippen LogP contribution in [0.5, 0.6) is 0 Å². The van der Waals surface area contributed by atoms with Crippen LogP contribution in [0.3, 0.4) is 0 Å². The molecule has 1 saturated carbocycles. The molecule has 2 aliphatic rings. The number of nitrogens with one attached hydrogen (secondary N) is 1. The SMILES string of the molecule is CC(NC(=O)C1CCCC(N)C1C)C(=O)N1CCCC1. The fourth-order valence-corrected chi connectivity index (χ4v) is 3.36. The minimum absolute atomic E-state index is 0.00676. The maximum atomic E-state index is 12.3. The van der Waals surface area contributed by atoms with Crippen LogP contribution in [0.2, 0.25) is 0 Å². The molecular weight excluding hydrogens is 254 g/mol. The second-order valence-corrected chi connectivity index (χ2v) is 6.32. The molecule has 0 radical (unpaired) electrons. The second kappa shape index (κ2) is 6.57. The first-order valence-electron chi connectivity index (χ1n) is 7.85. The number of hydrogen-bond acceptors (Lipinski definition) is 3. The van der Waals surface area contributed by atoms with Gasteiger partial charge in [-0.3, -0.25) is 9.59 Å². The molecule has 114 valence electrons. The third-order valence-corrected chi connectivity index (χ3v) is 4.85. The van der Waals surface area contributed by atoms with Gasteiger partial charge in [0.15, 0.2) is 0 Å². The summed E-state index contributed by atoms with van der Waals surface area (Å²) in [5, 5.41) is 2.89. The van der Waals surface area contributed by atoms with Crippen LogP contribution in [-0.4, -0.2) is 41.9 Å². The van der Waals surface area contributed by atoms with E-state index in [4.69, 9.17) is 5.73 Å². The fourth-order valence-electron chi connectivity index (χ4n) is 3.36. The first-order chi connectivity index (χ1) is 9.50. The van der Waals surface area contributed by atoms with Crippen molar-refractivity contribution < 1.29 is 9.59 Å². The molecule has 2 fully saturated rings. The van der Waals surface area contributed by atoms with E-state index in [0.29, 0.717) is 0 Å². The molecule has 1 aliphatic heterocycles. The van der Waals surface area contributed by atoms with Crippen molar-refractivity contribution in [3.8, 4) is 0 Å². The standard InChI is InChI=1S/C15H27N3O2/c1-10-12(6-5-7-13(10)16)14(19)17-11(2)15(20)18-8-3-4-9-18/h10-13H,3-9,16H2,1-2H3,(H,17,19). The lowest BCUT2D eigenvalue weighted by atomic mass is 9.77. The Labute approximate surface area is 121 Å². The van der Waals surface area contributed by atoms with Crippen molar-refractivity contribution in [1.82, 2.24) is 10.2 Å². The molecule has 0 aromatic carbocycles. The lowest BCUT2D eigenvalue weighted by Gasteiger charge is -2.33. The van der Waals surface area contributed by atoms with Gasteiger partial charge in [0.25, 0.3) is 0 Å². The predicted molar refractivity (Wildman–Crippen MR) is 77.9 cm³/mol. The summed E-state index contributed by atoms with van der Waals surface area (Å²) in [6.45, 7) is 5.47. The quantitative estimate of drug-likeness (QED) is 0.806. The Morgan fingerprint density at radius 3 is 2.50 bits per heavy atom. The van der Waals surface area contributed by atoms with Gasteiger partial charge in [0.1, 0.15) is 6.04 Å². The summed E-state index contributed by atoms with van der Waals surface area (Å²) in [7, 11) is 0. The van der Waals surface area contributed by atoms with Crippen LogP contribution < -0.4 is 11.1 Å². The first kappa shape index (κ1) is 15.3. The van der Waals surface area contributed by atoms with Crippen LogP contribution in [0.25, 0.3) is 0 Å². The topological polar surface area (TPSA) is 75.4 Å². The Hall–Kier alpha value is -1.10. The van der Waals surface area contributed by atoms with Crippen molar-refractivity contribution in [2.24, 2.45) is 17.6 Å². The van der Waals surface area contributed by atoms with E-state index in [1.165, 1.54) is 0 Å². The van der Waals surface area contributed by atoms with Gasteiger partial charge in [0, 0.05) is 25.0 Å². The van der Waals surface area contributed by atoms with Crippen molar-refractivity contribution >= 4 is 11.8 Å². The molecule has 20 heavy (non-hydrogen) atoms. The van der Waals surface area contributed by atoms with Gasteiger partial charge >= 0.3 is 0 Å². The molecular formula is C15H27N3O2. The van der Waals surface area contributed by atoms with E-state index in [9.17, 15) is 9.59 Å². The molecule has 0 spiro atoms. The Kier molecular flexibility index (Phi) is 5.02. The summed E-state index contributed by atoms with van der Waals surface area (Å²) in [4.78, 5) is 26.4. The van der Waals surface area contributed by atoms with Gasteiger partial charge in [-0.2, -0.15) is 0 Å². The van der Waals surface area contributed by atoms with Crippen LogP contribution in [0, 0.1) is 11.8 Å². The summed E-state index contributed by atoms with van der Waals surface area (Å²) in [6.07, 6.45) is 5.01. The van der Waals surface area contributed by atoms with E-state index in [0.717, 1.165) is 45.2 Å². The van der Waals surface area contributed by atoms with E-state index >= 15 is 0 Å². The summed E-state index contributed by atoms with van der Waals surface area (Å²) < 4.78 is 0. The number of nitrogens with two attached hydrogens (primary N) is 1. The van der Waals surface area contributed by atoms with Gasteiger partial charge in [-0.25, -0.2) is 0 Å². The summed E-state index contributed by atoms with van der Waals surface area (Å²) in [6, 6.07) is -0.324. The molecule has 2 amide bonds. The Morgan fingerprint density at radius 1 is 1.20 bits per heavy atom. The number of hydrogen-bond donors (Lipinski definition) is 2. The highest BCUT2D eigenvalue weighted by Crippen LogP contribution is 2.29. The van der Waals surface area contributed by atoms with Crippen molar-refractivity contribution in [2.75, 3.05) is 13.1 Å². The number of rotatable bonds is 3. The molecule has 5 nitrogen and oxygen atoms in total. The predicted octanol–water partition coefficient (Wildman–Crippen LogP) is 0.877. The lowest BCUT2D eigenvalue weighted by molar-refractivity contribution is -0.137. The molecule has 4 atom stereocenters. The monoisotopic (exact) mass is 281 g/mol. The maximum Gasteiger partial charge on any atom is 0.244 e. The Morgan fingerprint density at radius 2 is 1.85 bits per heavy atom. The van der Waals surface area contributed by atoms with E-state index < -0.39 is 6.04 Å². The third-order valence-electron chi connectivity index (χ3n) is 4.85. The van der Waals surface area contributed by atoms with Crippen LogP contribution in [0.4, 0.5) is 0 Å². The summed E-state index contributed by atoms with van der Waals surface area (Å²) in [5.41, 5.74) is 6.04. The molecule has 1 aliphatic carbocycles. The molecule has 0 aromatic heterocycles. The minimum atomic E-state index is -0.425. The number of amides is 2. The number of carbonyl (C=O) groups excluding carboxylic acids is 2. The Bertz CT molecular complexity index is 366. The molecule has 1 saturated heterocycles. The summed E-state index contributed by atoms with van der Waals surface area (Å²) in [5.74, 6) is 0.182. The lowest BCUT2D eigenvalue weighted by Crippen LogP contribution is -2.50. The molecule has 2 rings (SSSR count). The highest BCUT2D eigenvalue weighted by molar-refractivity contribution is 5.88. The van der Waals surface area contributed by atoms with Gasteiger partial charge in [-0.15, -0.1) is 0 Å².